The van der Waals surface area contributed by atoms with E-state index in [-0.39, 0.29) is 17.8 Å². The van der Waals surface area contributed by atoms with Crippen LogP contribution in [0.2, 0.25) is 0 Å². The van der Waals surface area contributed by atoms with Gasteiger partial charge in [0, 0.05) is 50.6 Å². The minimum Gasteiger partial charge on any atom is -0.385 e. The van der Waals surface area contributed by atoms with Gasteiger partial charge in [0.05, 0.1) is 29.6 Å². The van der Waals surface area contributed by atoms with Gasteiger partial charge in [-0.25, -0.2) is 9.97 Å². The summed E-state index contributed by atoms with van der Waals surface area (Å²) in [7, 11) is 3.35. The van der Waals surface area contributed by atoms with Gasteiger partial charge in [0.2, 0.25) is 11.9 Å². The number of allylic oxidation sites excluding steroid dienone is 2. The van der Waals surface area contributed by atoms with Gasteiger partial charge in [-0.05, 0) is 37.0 Å². The number of pyridine rings is 1. The Labute approximate surface area is 219 Å². The summed E-state index contributed by atoms with van der Waals surface area (Å²) < 4.78 is 44.3. The van der Waals surface area contributed by atoms with E-state index < -0.39 is 17.6 Å². The first-order valence-electron chi connectivity index (χ1n) is 11.8. The van der Waals surface area contributed by atoms with E-state index in [2.05, 4.69) is 30.6 Å². The van der Waals surface area contributed by atoms with Crippen LogP contribution in [0.1, 0.15) is 29.7 Å². The molecule has 2 heterocycles. The van der Waals surface area contributed by atoms with Crippen LogP contribution in [-0.4, -0.2) is 47.8 Å². The summed E-state index contributed by atoms with van der Waals surface area (Å²) in [6.07, 6.45) is 5.44. The highest BCUT2D eigenvalue weighted by Gasteiger charge is 2.33. The predicted molar refractivity (Wildman–Crippen MR) is 141 cm³/mol. The number of ether oxygens (including phenoxy) is 1. The van der Waals surface area contributed by atoms with Crippen LogP contribution in [0.4, 0.5) is 24.8 Å². The van der Waals surface area contributed by atoms with Crippen LogP contribution in [0.5, 0.6) is 0 Å². The molecule has 1 amide bonds. The number of aromatic nitrogens is 3. The number of carbonyl (C=O) groups excluding carboxylic acids is 1. The molecule has 3 aromatic rings. The first-order chi connectivity index (χ1) is 18.2. The van der Waals surface area contributed by atoms with Crippen LogP contribution in [-0.2, 0) is 22.1 Å². The average molecular weight is 527 g/mol. The van der Waals surface area contributed by atoms with Crippen molar-refractivity contribution in [3.8, 4) is 11.1 Å². The number of halogens is 3. The number of alkyl halides is 3. The Kier molecular flexibility index (Phi) is 10.1. The number of carbonyl (C=O) groups is 1. The van der Waals surface area contributed by atoms with Crippen molar-refractivity contribution in [1.29, 1.82) is 0 Å². The number of nitrogens with one attached hydrogen (secondary N) is 2. The van der Waals surface area contributed by atoms with E-state index in [0.717, 1.165) is 35.7 Å². The van der Waals surface area contributed by atoms with E-state index in [9.17, 15) is 18.0 Å². The molecular formula is C27H29F3N6O2. The van der Waals surface area contributed by atoms with Crippen molar-refractivity contribution in [2.45, 2.75) is 32.4 Å². The fourth-order valence-electron chi connectivity index (χ4n) is 3.53. The quantitative estimate of drug-likeness (QED) is 0.254. The molecule has 0 aliphatic heterocycles. The molecule has 8 nitrogen and oxygen atoms in total. The van der Waals surface area contributed by atoms with Gasteiger partial charge in [-0.2, -0.15) is 13.2 Å². The summed E-state index contributed by atoms with van der Waals surface area (Å²) in [4.78, 5) is 28.9. The zero-order valence-electron chi connectivity index (χ0n) is 21.3. The summed E-state index contributed by atoms with van der Waals surface area (Å²) in [6.45, 7) is 1.95. The van der Waals surface area contributed by atoms with Gasteiger partial charge in [-0.15, -0.1) is 0 Å². The molecule has 0 saturated carbocycles. The third kappa shape index (κ3) is 8.48. The Balaban J connectivity index is 1.60. The summed E-state index contributed by atoms with van der Waals surface area (Å²) in [5, 5.41) is 5.62. The molecule has 2 aromatic heterocycles. The Morgan fingerprint density at radius 3 is 2.39 bits per heavy atom. The van der Waals surface area contributed by atoms with Gasteiger partial charge in [-0.3, -0.25) is 14.8 Å². The van der Waals surface area contributed by atoms with Crippen LogP contribution in [0.3, 0.4) is 0 Å². The van der Waals surface area contributed by atoms with Crippen molar-refractivity contribution >= 4 is 23.8 Å². The first kappa shape index (κ1) is 28.5. The molecule has 0 atom stereocenters. The SMILES string of the molecule is CN=C/C(=C\CCCOC)Nc1ncc(-c2ccc(CC(=O)Nc3cnc(C)c(C(F)(F)F)c3)cc2)cn1. The number of nitrogens with zero attached hydrogens (tertiary/aromatic N) is 4. The Morgan fingerprint density at radius 2 is 1.76 bits per heavy atom. The van der Waals surface area contributed by atoms with E-state index in [1.165, 1.54) is 13.1 Å². The van der Waals surface area contributed by atoms with Crippen molar-refractivity contribution in [2.75, 3.05) is 31.4 Å². The van der Waals surface area contributed by atoms with Crippen molar-refractivity contribution in [3.63, 3.8) is 0 Å². The molecule has 3 rings (SSSR count). The summed E-state index contributed by atoms with van der Waals surface area (Å²) in [5.74, 6) is -0.0174. The lowest BCUT2D eigenvalue weighted by atomic mass is 10.0. The minimum atomic E-state index is -4.54. The van der Waals surface area contributed by atoms with Crippen molar-refractivity contribution in [2.24, 2.45) is 4.99 Å². The largest absolute Gasteiger partial charge is 0.418 e. The van der Waals surface area contributed by atoms with Crippen molar-refractivity contribution in [3.05, 3.63) is 77.5 Å². The maximum absolute atomic E-state index is 13.1. The average Bonchev–Trinajstić information content (AvgIpc) is 2.88. The smallest absolute Gasteiger partial charge is 0.385 e. The summed E-state index contributed by atoms with van der Waals surface area (Å²) in [5.41, 5.74) is 2.09. The van der Waals surface area contributed by atoms with E-state index in [1.54, 1.807) is 44.9 Å². The normalized spacial score (nSPS) is 12.1. The Morgan fingerprint density at radius 1 is 1.05 bits per heavy atom. The molecule has 38 heavy (non-hydrogen) atoms. The van der Waals surface area contributed by atoms with Crippen LogP contribution >= 0.6 is 0 Å². The zero-order valence-corrected chi connectivity index (χ0v) is 21.3. The number of benzene rings is 1. The fourth-order valence-corrected chi connectivity index (χ4v) is 3.53. The Bertz CT molecular complexity index is 1270. The molecule has 0 fully saturated rings. The predicted octanol–water partition coefficient (Wildman–Crippen LogP) is 5.47. The number of anilines is 2. The molecule has 200 valence electrons. The fraction of sp³-hybridized carbons (Fsp3) is 0.296. The molecule has 2 N–H and O–H groups in total. The molecular weight excluding hydrogens is 497 g/mol. The lowest BCUT2D eigenvalue weighted by molar-refractivity contribution is -0.138. The van der Waals surface area contributed by atoms with E-state index in [1.807, 2.05) is 18.2 Å². The van der Waals surface area contributed by atoms with Crippen LogP contribution in [0, 0.1) is 6.92 Å². The van der Waals surface area contributed by atoms with Crippen LogP contribution < -0.4 is 10.6 Å². The zero-order chi connectivity index (χ0) is 27.5. The van der Waals surface area contributed by atoms with Crippen LogP contribution in [0.15, 0.2) is 65.7 Å². The highest BCUT2D eigenvalue weighted by Crippen LogP contribution is 2.32. The number of hydrogen-bond donors (Lipinski definition) is 2. The van der Waals surface area contributed by atoms with Gasteiger partial charge < -0.3 is 15.4 Å². The number of rotatable bonds is 11. The summed E-state index contributed by atoms with van der Waals surface area (Å²) in [6, 6.07) is 8.09. The van der Waals surface area contributed by atoms with Gasteiger partial charge >= 0.3 is 6.18 Å². The third-order valence-corrected chi connectivity index (χ3v) is 5.42. The number of amides is 1. The highest BCUT2D eigenvalue weighted by molar-refractivity contribution is 5.92. The number of methoxy groups -OCH3 is 1. The molecule has 11 heteroatoms. The second-order valence-corrected chi connectivity index (χ2v) is 8.38. The lowest BCUT2D eigenvalue weighted by Gasteiger charge is -2.12. The maximum Gasteiger partial charge on any atom is 0.418 e. The number of aliphatic imine (C=N–C) groups is 1. The second-order valence-electron chi connectivity index (χ2n) is 8.38. The molecule has 1 aromatic carbocycles. The molecule has 0 aliphatic carbocycles. The second kappa shape index (κ2) is 13.4. The van der Waals surface area contributed by atoms with Crippen molar-refractivity contribution < 1.29 is 22.7 Å². The maximum atomic E-state index is 13.1. The first-order valence-corrected chi connectivity index (χ1v) is 11.8. The highest BCUT2D eigenvalue weighted by atomic mass is 19.4. The molecule has 0 saturated heterocycles. The number of hydrogen-bond acceptors (Lipinski definition) is 7. The van der Waals surface area contributed by atoms with Gasteiger partial charge in [0.1, 0.15) is 0 Å². The monoisotopic (exact) mass is 526 g/mol. The number of unbranched alkanes of at least 4 members (excludes halogenated alkanes) is 1. The van der Waals surface area contributed by atoms with Gasteiger partial charge in [-0.1, -0.05) is 30.3 Å². The van der Waals surface area contributed by atoms with E-state index >= 15 is 0 Å². The molecule has 0 bridgehead atoms. The summed E-state index contributed by atoms with van der Waals surface area (Å²) >= 11 is 0. The van der Waals surface area contributed by atoms with Crippen molar-refractivity contribution in [1.82, 2.24) is 15.0 Å². The molecule has 0 aliphatic rings. The van der Waals surface area contributed by atoms with E-state index in [4.69, 9.17) is 4.74 Å². The number of aryl methyl sites for hydroxylation is 1. The molecule has 0 radical (unpaired) electrons. The topological polar surface area (TPSA) is 101 Å². The minimum absolute atomic E-state index is 0.00594. The van der Waals surface area contributed by atoms with Gasteiger partial charge in [0.15, 0.2) is 0 Å². The standard InChI is InChI=1S/C27H29F3N6O2/c1-18-24(27(28,29)30)13-23(17-32-18)35-25(37)12-19-7-9-20(10-8-19)21-14-33-26(34-15-21)36-22(16-31-2)6-4-5-11-38-3/h6-10,13-17H,4-5,11-12H2,1-3H3,(H,35,37)(H,33,34,36)/b22-6+,31-16?. The third-order valence-electron chi connectivity index (χ3n) is 5.42. The Hall–Kier alpha value is -4.12. The van der Waals surface area contributed by atoms with Gasteiger partial charge in [0.25, 0.3) is 0 Å². The molecule has 0 unspecified atom stereocenters. The van der Waals surface area contributed by atoms with Crippen LogP contribution in [0.25, 0.3) is 11.1 Å². The van der Waals surface area contributed by atoms with E-state index in [0.29, 0.717) is 18.1 Å². The lowest BCUT2D eigenvalue weighted by Crippen LogP contribution is -2.16. The molecule has 0 spiro atoms.